The van der Waals surface area contributed by atoms with E-state index in [1.165, 1.54) is 11.3 Å². The van der Waals surface area contributed by atoms with Crippen LogP contribution in [0, 0.1) is 5.92 Å². The number of ether oxygens (including phenoxy) is 2. The molecule has 1 fully saturated rings. The Kier molecular flexibility index (Phi) is 7.07. The maximum absolute atomic E-state index is 12.6. The molecule has 0 aliphatic heterocycles. The summed E-state index contributed by atoms with van der Waals surface area (Å²) in [5.41, 5.74) is 1.49. The smallest absolute Gasteiger partial charge is 0.226 e. The number of benzene rings is 1. The Hall–Kier alpha value is -1.67. The van der Waals surface area contributed by atoms with Crippen molar-refractivity contribution in [3.63, 3.8) is 0 Å². The highest BCUT2D eigenvalue weighted by Crippen LogP contribution is 2.33. The fraction of sp³-hybridized carbons (Fsp3) is 0.474. The van der Waals surface area contributed by atoms with E-state index < -0.39 is 0 Å². The summed E-state index contributed by atoms with van der Waals surface area (Å²) in [5, 5.41) is 12.3. The van der Waals surface area contributed by atoms with Crippen LogP contribution in [0.1, 0.15) is 29.1 Å². The average molecular weight is 411 g/mol. The number of thiazole rings is 1. The molecular formula is C19H23ClN2O4S. The maximum atomic E-state index is 12.6. The molecule has 1 aromatic heterocycles. The summed E-state index contributed by atoms with van der Waals surface area (Å²) < 4.78 is 11.1. The van der Waals surface area contributed by atoms with E-state index in [1.807, 2.05) is 22.4 Å². The van der Waals surface area contributed by atoms with Crippen LogP contribution in [0.3, 0.4) is 0 Å². The minimum Gasteiger partial charge on any atom is -0.486 e. The lowest BCUT2D eigenvalue weighted by Crippen LogP contribution is -2.34. The molecule has 1 amide bonds. The molecule has 0 spiro atoms. The van der Waals surface area contributed by atoms with Gasteiger partial charge in [-0.15, -0.1) is 11.3 Å². The highest BCUT2D eigenvalue weighted by Gasteiger charge is 2.33. The van der Waals surface area contributed by atoms with Crippen molar-refractivity contribution >= 4 is 28.8 Å². The third-order valence-electron chi connectivity index (χ3n) is 4.30. The summed E-state index contributed by atoms with van der Waals surface area (Å²) in [4.78, 5) is 18.7. The van der Waals surface area contributed by atoms with E-state index >= 15 is 0 Å². The van der Waals surface area contributed by atoms with Gasteiger partial charge in [-0.2, -0.15) is 0 Å². The highest BCUT2D eigenvalue weighted by atomic mass is 35.5. The van der Waals surface area contributed by atoms with Crippen LogP contribution in [-0.2, 0) is 29.3 Å². The van der Waals surface area contributed by atoms with Crippen molar-refractivity contribution in [2.75, 3.05) is 20.3 Å². The van der Waals surface area contributed by atoms with E-state index in [0.717, 1.165) is 23.4 Å². The number of carbonyl (C=O) groups excluding carboxylic acids is 1. The first kappa shape index (κ1) is 20.1. The van der Waals surface area contributed by atoms with Gasteiger partial charge in [0.15, 0.2) is 0 Å². The van der Waals surface area contributed by atoms with Gasteiger partial charge in [-0.1, -0.05) is 11.6 Å². The normalized spacial score (nSPS) is 13.6. The predicted octanol–water partition coefficient (Wildman–Crippen LogP) is 3.25. The third-order valence-corrected chi connectivity index (χ3v) is 5.41. The van der Waals surface area contributed by atoms with Crippen molar-refractivity contribution in [1.29, 1.82) is 0 Å². The van der Waals surface area contributed by atoms with E-state index in [1.54, 1.807) is 13.2 Å². The van der Waals surface area contributed by atoms with Crippen molar-refractivity contribution in [3.05, 3.63) is 44.9 Å². The third kappa shape index (κ3) is 5.65. The Morgan fingerprint density at radius 3 is 2.93 bits per heavy atom. The fourth-order valence-electron chi connectivity index (χ4n) is 2.70. The monoisotopic (exact) mass is 410 g/mol. The number of rotatable bonds is 10. The molecular weight excluding hydrogens is 388 g/mol. The van der Waals surface area contributed by atoms with E-state index in [4.69, 9.17) is 26.2 Å². The Morgan fingerprint density at radius 1 is 1.44 bits per heavy atom. The van der Waals surface area contributed by atoms with Crippen molar-refractivity contribution in [3.8, 4) is 5.75 Å². The van der Waals surface area contributed by atoms with Gasteiger partial charge in [0.25, 0.3) is 0 Å². The summed E-state index contributed by atoms with van der Waals surface area (Å²) in [6.45, 7) is 1.66. The zero-order valence-corrected chi connectivity index (χ0v) is 16.8. The lowest BCUT2D eigenvalue weighted by atomic mass is 10.1. The van der Waals surface area contributed by atoms with E-state index in [2.05, 4.69) is 4.98 Å². The van der Waals surface area contributed by atoms with Gasteiger partial charge in [-0.05, 0) is 31.0 Å². The molecule has 1 heterocycles. The second-order valence-corrected chi connectivity index (χ2v) is 7.84. The van der Waals surface area contributed by atoms with Gasteiger partial charge in [0.2, 0.25) is 5.91 Å². The van der Waals surface area contributed by atoms with Crippen LogP contribution in [0.4, 0.5) is 0 Å². The van der Waals surface area contributed by atoms with Gasteiger partial charge < -0.3 is 19.5 Å². The van der Waals surface area contributed by atoms with Gasteiger partial charge >= 0.3 is 0 Å². The molecule has 1 aliphatic carbocycles. The molecule has 0 bridgehead atoms. The molecule has 1 N–H and O–H groups in total. The molecule has 27 heavy (non-hydrogen) atoms. The number of hydrogen-bond acceptors (Lipinski definition) is 6. The van der Waals surface area contributed by atoms with Crippen LogP contribution in [-0.4, -0.2) is 41.2 Å². The van der Waals surface area contributed by atoms with Crippen molar-refractivity contribution in [2.24, 2.45) is 5.92 Å². The van der Waals surface area contributed by atoms with E-state index in [9.17, 15) is 4.79 Å². The number of aromatic nitrogens is 1. The number of aliphatic hydroxyl groups excluding tert-OH is 1. The minimum atomic E-state index is -0.0829. The van der Waals surface area contributed by atoms with Gasteiger partial charge in [0.05, 0.1) is 18.9 Å². The van der Waals surface area contributed by atoms with Gasteiger partial charge in [-0.3, -0.25) is 4.79 Å². The van der Waals surface area contributed by atoms with Crippen LogP contribution in [0.15, 0.2) is 23.6 Å². The summed E-state index contributed by atoms with van der Waals surface area (Å²) in [6, 6.07) is 5.41. The summed E-state index contributed by atoms with van der Waals surface area (Å²) in [6.07, 6.45) is 1.91. The number of halogens is 1. The average Bonchev–Trinajstić information content (AvgIpc) is 3.42. The van der Waals surface area contributed by atoms with Gasteiger partial charge in [-0.25, -0.2) is 4.98 Å². The maximum Gasteiger partial charge on any atom is 0.226 e. The molecule has 3 rings (SSSR count). The lowest BCUT2D eigenvalue weighted by molar-refractivity contribution is -0.133. The number of carbonyl (C=O) groups is 1. The quantitative estimate of drug-likeness (QED) is 0.651. The molecule has 2 aromatic rings. The molecule has 8 heteroatoms. The number of methoxy groups -OCH3 is 1. The molecule has 0 atom stereocenters. The van der Waals surface area contributed by atoms with E-state index in [-0.39, 0.29) is 18.4 Å². The number of nitrogens with zero attached hydrogens (tertiary/aromatic N) is 2. The molecule has 146 valence electrons. The molecule has 0 radical (unpaired) electrons. The van der Waals surface area contributed by atoms with Crippen LogP contribution in [0.2, 0.25) is 5.02 Å². The summed E-state index contributed by atoms with van der Waals surface area (Å²) in [5.74, 6) is 0.967. The lowest BCUT2D eigenvalue weighted by Gasteiger charge is -2.24. The second kappa shape index (κ2) is 9.50. The fourth-order valence-corrected chi connectivity index (χ4v) is 3.59. The Labute approximate surface area is 167 Å². The highest BCUT2D eigenvalue weighted by molar-refractivity contribution is 7.09. The second-order valence-electron chi connectivity index (χ2n) is 6.46. The molecule has 1 saturated carbocycles. The standard InChI is InChI=1S/C19H23ClN2O4S/c1-25-7-6-22(19(24)13-2-3-13)9-14-8-15(20)4-5-17(14)26-11-18-21-16(10-23)12-27-18/h4-5,8,12-13,23H,2-3,6-7,9-11H2,1H3. The Morgan fingerprint density at radius 2 is 2.26 bits per heavy atom. The van der Waals surface area contributed by atoms with Crippen LogP contribution >= 0.6 is 22.9 Å². The first-order valence-corrected chi connectivity index (χ1v) is 10.1. The van der Waals surface area contributed by atoms with Crippen molar-refractivity contribution in [1.82, 2.24) is 9.88 Å². The van der Waals surface area contributed by atoms with Crippen LogP contribution < -0.4 is 4.74 Å². The summed E-state index contributed by atoms with van der Waals surface area (Å²) >= 11 is 7.62. The zero-order chi connectivity index (χ0) is 19.2. The summed E-state index contributed by atoms with van der Waals surface area (Å²) in [7, 11) is 1.63. The largest absolute Gasteiger partial charge is 0.486 e. The predicted molar refractivity (Wildman–Crippen MR) is 104 cm³/mol. The zero-order valence-electron chi connectivity index (χ0n) is 15.2. The van der Waals surface area contributed by atoms with Crippen molar-refractivity contribution < 1.29 is 19.4 Å². The Bertz CT molecular complexity index is 779. The van der Waals surface area contributed by atoms with E-state index in [0.29, 0.717) is 42.8 Å². The molecule has 0 unspecified atom stereocenters. The number of aliphatic hydroxyl groups is 1. The molecule has 1 aromatic carbocycles. The number of amides is 1. The SMILES string of the molecule is COCCN(Cc1cc(Cl)ccc1OCc1nc(CO)cs1)C(=O)C1CC1. The molecule has 6 nitrogen and oxygen atoms in total. The van der Waals surface area contributed by atoms with Crippen LogP contribution in [0.5, 0.6) is 5.75 Å². The minimum absolute atomic E-state index is 0.0829. The Balaban J connectivity index is 1.72. The first-order chi connectivity index (χ1) is 13.1. The molecule has 0 saturated heterocycles. The topological polar surface area (TPSA) is 71.9 Å². The van der Waals surface area contributed by atoms with Gasteiger partial charge in [0.1, 0.15) is 17.4 Å². The van der Waals surface area contributed by atoms with Crippen molar-refractivity contribution in [2.45, 2.75) is 32.6 Å². The first-order valence-electron chi connectivity index (χ1n) is 8.83. The molecule has 1 aliphatic rings. The van der Waals surface area contributed by atoms with Gasteiger partial charge in [0, 0.05) is 42.1 Å². The number of hydrogen-bond donors (Lipinski definition) is 1. The van der Waals surface area contributed by atoms with Crippen LogP contribution in [0.25, 0.3) is 0 Å².